The third-order valence-electron chi connectivity index (χ3n) is 3.74. The maximum Gasteiger partial charge on any atom is 0.254 e. The predicted octanol–water partition coefficient (Wildman–Crippen LogP) is 1.95. The van der Waals surface area contributed by atoms with Crippen LogP contribution in [0.5, 0.6) is 5.75 Å². The van der Waals surface area contributed by atoms with E-state index in [-0.39, 0.29) is 11.5 Å². The number of hydrogen-bond donors (Lipinski definition) is 2. The summed E-state index contributed by atoms with van der Waals surface area (Å²) in [5, 5.41) is 6.18. The van der Waals surface area contributed by atoms with E-state index in [1.165, 1.54) is 19.2 Å². The van der Waals surface area contributed by atoms with Crippen molar-refractivity contribution in [3.63, 3.8) is 0 Å². The van der Waals surface area contributed by atoms with Gasteiger partial charge in [0.25, 0.3) is 5.91 Å². The van der Waals surface area contributed by atoms with E-state index < -0.39 is 5.82 Å². The number of piperidine rings is 1. The number of rotatable bonds is 4. The molecule has 0 aliphatic carbocycles. The second-order valence-electron chi connectivity index (χ2n) is 5.31. The molecule has 2 N–H and O–H groups in total. The topological polar surface area (TPSA) is 50.4 Å². The summed E-state index contributed by atoms with van der Waals surface area (Å²) in [4.78, 5) is 12.0. The zero-order valence-electron chi connectivity index (χ0n) is 11.9. The highest BCUT2D eigenvalue weighted by Crippen LogP contribution is 2.17. The van der Waals surface area contributed by atoms with E-state index >= 15 is 0 Å². The molecule has 1 aliphatic heterocycles. The number of benzene rings is 1. The van der Waals surface area contributed by atoms with Crippen LogP contribution >= 0.6 is 0 Å². The molecule has 0 spiro atoms. The summed E-state index contributed by atoms with van der Waals surface area (Å²) in [6.07, 6.45) is 2.19. The van der Waals surface area contributed by atoms with E-state index in [9.17, 15) is 9.18 Å². The van der Waals surface area contributed by atoms with Crippen molar-refractivity contribution in [2.75, 3.05) is 20.2 Å². The number of methoxy groups -OCH3 is 1. The second-order valence-corrected chi connectivity index (χ2v) is 5.31. The molecule has 110 valence electrons. The molecule has 20 heavy (non-hydrogen) atoms. The normalized spacial score (nSPS) is 22.4. The van der Waals surface area contributed by atoms with Gasteiger partial charge in [0.1, 0.15) is 11.6 Å². The van der Waals surface area contributed by atoms with E-state index in [4.69, 9.17) is 4.74 Å². The number of ether oxygens (including phenoxy) is 1. The second kappa shape index (κ2) is 6.70. The average Bonchev–Trinajstić information content (AvgIpc) is 2.46. The molecule has 2 rings (SSSR count). The molecular weight excluding hydrogens is 259 g/mol. The van der Waals surface area contributed by atoms with Gasteiger partial charge in [-0.1, -0.05) is 0 Å². The van der Waals surface area contributed by atoms with Crippen LogP contribution in [-0.2, 0) is 0 Å². The molecular formula is C15H21FN2O2. The quantitative estimate of drug-likeness (QED) is 0.886. The minimum absolute atomic E-state index is 0.0583. The van der Waals surface area contributed by atoms with Gasteiger partial charge in [-0.25, -0.2) is 4.39 Å². The summed E-state index contributed by atoms with van der Waals surface area (Å²) in [5.41, 5.74) is 0.0583. The zero-order valence-corrected chi connectivity index (χ0v) is 11.9. The van der Waals surface area contributed by atoms with Gasteiger partial charge < -0.3 is 15.4 Å². The van der Waals surface area contributed by atoms with Crippen LogP contribution in [0.15, 0.2) is 18.2 Å². The lowest BCUT2D eigenvalue weighted by atomic mass is 9.95. The third-order valence-corrected chi connectivity index (χ3v) is 3.74. The molecule has 0 bridgehead atoms. The van der Waals surface area contributed by atoms with Crippen LogP contribution in [0.1, 0.15) is 30.1 Å². The van der Waals surface area contributed by atoms with Crippen LogP contribution in [0, 0.1) is 11.7 Å². The Labute approximate surface area is 118 Å². The lowest BCUT2D eigenvalue weighted by molar-refractivity contribution is 0.0940. The minimum atomic E-state index is -0.558. The van der Waals surface area contributed by atoms with Crippen molar-refractivity contribution in [2.24, 2.45) is 5.92 Å². The maximum atomic E-state index is 13.8. The molecule has 0 saturated carbocycles. The average molecular weight is 280 g/mol. The molecule has 1 heterocycles. The summed E-state index contributed by atoms with van der Waals surface area (Å²) in [6, 6.07) is 4.80. The first-order chi connectivity index (χ1) is 9.60. The van der Waals surface area contributed by atoms with Crippen LogP contribution in [0.2, 0.25) is 0 Å². The van der Waals surface area contributed by atoms with Gasteiger partial charge in [-0.2, -0.15) is 0 Å². The van der Waals surface area contributed by atoms with Crippen LogP contribution in [0.4, 0.5) is 4.39 Å². The van der Waals surface area contributed by atoms with Gasteiger partial charge in [0.15, 0.2) is 0 Å². The fraction of sp³-hybridized carbons (Fsp3) is 0.533. The van der Waals surface area contributed by atoms with Gasteiger partial charge in [-0.05, 0) is 44.4 Å². The molecule has 1 fully saturated rings. The Morgan fingerprint density at radius 1 is 1.50 bits per heavy atom. The van der Waals surface area contributed by atoms with Gasteiger partial charge >= 0.3 is 0 Å². The lowest BCUT2D eigenvalue weighted by Crippen LogP contribution is -2.42. The van der Waals surface area contributed by atoms with E-state index in [1.807, 2.05) is 0 Å². The zero-order chi connectivity index (χ0) is 14.5. The fourth-order valence-corrected chi connectivity index (χ4v) is 2.37. The molecule has 5 heteroatoms. The summed E-state index contributed by atoms with van der Waals surface area (Å²) in [7, 11) is 1.46. The van der Waals surface area contributed by atoms with Crippen molar-refractivity contribution in [1.82, 2.24) is 10.6 Å². The van der Waals surface area contributed by atoms with Gasteiger partial charge in [-0.15, -0.1) is 0 Å². The van der Waals surface area contributed by atoms with Gasteiger partial charge in [0.2, 0.25) is 0 Å². The first kappa shape index (κ1) is 14.8. The summed E-state index contributed by atoms with van der Waals surface area (Å²) >= 11 is 0. The summed E-state index contributed by atoms with van der Waals surface area (Å²) in [6.45, 7) is 3.62. The van der Waals surface area contributed by atoms with Crippen molar-refractivity contribution < 1.29 is 13.9 Å². The minimum Gasteiger partial charge on any atom is -0.497 e. The predicted molar refractivity (Wildman–Crippen MR) is 75.5 cm³/mol. The Balaban J connectivity index is 1.88. The maximum absolute atomic E-state index is 13.8. The van der Waals surface area contributed by atoms with Crippen molar-refractivity contribution in [3.05, 3.63) is 29.6 Å². The van der Waals surface area contributed by atoms with E-state index in [1.54, 1.807) is 6.07 Å². The van der Waals surface area contributed by atoms with Gasteiger partial charge in [0, 0.05) is 18.7 Å². The summed E-state index contributed by atoms with van der Waals surface area (Å²) < 4.78 is 18.7. The van der Waals surface area contributed by atoms with Gasteiger partial charge in [-0.3, -0.25) is 4.79 Å². The van der Waals surface area contributed by atoms with Crippen LogP contribution in [-0.4, -0.2) is 32.1 Å². The van der Waals surface area contributed by atoms with E-state index in [0.717, 1.165) is 19.4 Å². The highest BCUT2D eigenvalue weighted by atomic mass is 19.1. The molecule has 4 nitrogen and oxygen atoms in total. The monoisotopic (exact) mass is 280 g/mol. The first-order valence-corrected chi connectivity index (χ1v) is 6.95. The number of nitrogens with one attached hydrogen (secondary N) is 2. The number of carbonyl (C=O) groups excluding carboxylic acids is 1. The van der Waals surface area contributed by atoms with Crippen molar-refractivity contribution >= 4 is 5.91 Å². The molecule has 1 aliphatic rings. The first-order valence-electron chi connectivity index (χ1n) is 6.95. The SMILES string of the molecule is COc1ccc(C(=O)NCC2CCC(C)NC2)c(F)c1. The Bertz CT molecular complexity index is 471. The van der Waals surface area contributed by atoms with Crippen molar-refractivity contribution in [2.45, 2.75) is 25.8 Å². The van der Waals surface area contributed by atoms with Crippen LogP contribution in [0.25, 0.3) is 0 Å². The molecule has 1 aromatic rings. The Morgan fingerprint density at radius 3 is 2.90 bits per heavy atom. The summed E-state index contributed by atoms with van der Waals surface area (Å²) in [5.74, 6) is -0.109. The number of hydrogen-bond acceptors (Lipinski definition) is 3. The number of amides is 1. The highest BCUT2D eigenvalue weighted by Gasteiger charge is 2.19. The largest absolute Gasteiger partial charge is 0.497 e. The lowest BCUT2D eigenvalue weighted by Gasteiger charge is -2.27. The number of halogens is 1. The molecule has 0 radical (unpaired) electrons. The molecule has 1 saturated heterocycles. The Kier molecular flexibility index (Phi) is 4.95. The Morgan fingerprint density at radius 2 is 2.30 bits per heavy atom. The Hall–Kier alpha value is -1.62. The molecule has 1 aromatic carbocycles. The van der Waals surface area contributed by atoms with E-state index in [0.29, 0.717) is 24.3 Å². The fourth-order valence-electron chi connectivity index (χ4n) is 2.37. The smallest absolute Gasteiger partial charge is 0.254 e. The third kappa shape index (κ3) is 3.70. The van der Waals surface area contributed by atoms with Crippen molar-refractivity contribution in [3.8, 4) is 5.75 Å². The van der Waals surface area contributed by atoms with Crippen molar-refractivity contribution in [1.29, 1.82) is 0 Å². The highest BCUT2D eigenvalue weighted by molar-refractivity contribution is 5.94. The van der Waals surface area contributed by atoms with Gasteiger partial charge in [0.05, 0.1) is 12.7 Å². The van der Waals surface area contributed by atoms with E-state index in [2.05, 4.69) is 17.6 Å². The van der Waals surface area contributed by atoms with Crippen LogP contribution in [0.3, 0.4) is 0 Å². The van der Waals surface area contributed by atoms with Crippen LogP contribution < -0.4 is 15.4 Å². The molecule has 1 amide bonds. The number of carbonyl (C=O) groups is 1. The molecule has 2 unspecified atom stereocenters. The standard InChI is InChI=1S/C15H21FN2O2/c1-10-3-4-11(8-17-10)9-18-15(19)13-6-5-12(20-2)7-14(13)16/h5-7,10-11,17H,3-4,8-9H2,1-2H3,(H,18,19). The molecule has 0 aromatic heterocycles. The molecule has 2 atom stereocenters.